The van der Waals surface area contributed by atoms with Crippen molar-refractivity contribution in [2.75, 3.05) is 32.1 Å². The Morgan fingerprint density at radius 2 is 1.53 bits per heavy atom. The van der Waals surface area contributed by atoms with E-state index in [0.717, 1.165) is 12.8 Å². The summed E-state index contributed by atoms with van der Waals surface area (Å²) in [6.45, 7) is 13.9. The fraction of sp³-hybridized carbons (Fsp3) is 0.684. The Bertz CT molecular complexity index is 1370. The molecule has 1 saturated heterocycles. The maximum absolute atomic E-state index is 13.7. The van der Waals surface area contributed by atoms with E-state index >= 15 is 0 Å². The third kappa shape index (κ3) is 13.5. The molecule has 0 bridgehead atoms. The van der Waals surface area contributed by atoms with Gasteiger partial charge in [-0.05, 0) is 52.3 Å². The lowest BCUT2D eigenvalue weighted by molar-refractivity contribution is -0.145. The zero-order valence-electron chi connectivity index (χ0n) is 32.1. The number of ether oxygens (including phenoxy) is 3. The van der Waals surface area contributed by atoms with Crippen LogP contribution in [0.2, 0.25) is 0 Å². The van der Waals surface area contributed by atoms with E-state index in [1.54, 1.807) is 41.7 Å². The zero-order valence-corrected chi connectivity index (χ0v) is 32.1. The van der Waals surface area contributed by atoms with Crippen LogP contribution in [-0.4, -0.2) is 90.0 Å². The Morgan fingerprint density at radius 3 is 2.06 bits per heavy atom. The molecule has 0 aromatic heterocycles. The van der Waals surface area contributed by atoms with E-state index in [1.807, 2.05) is 0 Å². The second-order valence-corrected chi connectivity index (χ2v) is 14.9. The fourth-order valence-corrected chi connectivity index (χ4v) is 5.38. The number of imide groups is 1. The minimum absolute atomic E-state index is 0.0488. The second kappa shape index (κ2) is 20.0. The van der Waals surface area contributed by atoms with Crippen molar-refractivity contribution in [3.05, 3.63) is 23.8 Å². The number of unbranched alkanes of at least 4 members (excludes halogenated alkanes) is 9. The SMILES string of the molecule is CCCCCCCCCCCCNC(=O)N(C)CCOC(=O)c1ccc(NC(=O)C(C(=O)C(C)(C)C)N2C(=O)OC(C)(C)C2=O)c(OC(C)C)c1. The molecule has 1 aromatic rings. The molecule has 1 aliphatic rings. The molecule has 51 heavy (non-hydrogen) atoms. The number of esters is 1. The van der Waals surface area contributed by atoms with Crippen molar-refractivity contribution in [3.63, 3.8) is 0 Å². The van der Waals surface area contributed by atoms with Gasteiger partial charge in [-0.15, -0.1) is 0 Å². The third-order valence-corrected chi connectivity index (χ3v) is 8.42. The van der Waals surface area contributed by atoms with Gasteiger partial charge in [0.25, 0.3) is 11.8 Å². The molecule has 0 radical (unpaired) electrons. The largest absolute Gasteiger partial charge is 0.489 e. The lowest BCUT2D eigenvalue weighted by atomic mass is 9.85. The smallest absolute Gasteiger partial charge is 0.418 e. The van der Waals surface area contributed by atoms with Gasteiger partial charge in [-0.2, -0.15) is 0 Å². The van der Waals surface area contributed by atoms with Crippen molar-refractivity contribution in [1.82, 2.24) is 15.1 Å². The molecule has 0 saturated carbocycles. The molecule has 13 heteroatoms. The highest BCUT2D eigenvalue weighted by Crippen LogP contribution is 2.32. The van der Waals surface area contributed by atoms with Gasteiger partial charge in [-0.1, -0.05) is 85.5 Å². The summed E-state index contributed by atoms with van der Waals surface area (Å²) in [4.78, 5) is 80.3. The number of benzene rings is 1. The number of Topliss-reactive ketones (excluding diaryl/α,β-unsaturated/α-hetero) is 1. The maximum atomic E-state index is 13.7. The average molecular weight is 717 g/mol. The summed E-state index contributed by atoms with van der Waals surface area (Å²) >= 11 is 0. The van der Waals surface area contributed by atoms with E-state index in [1.165, 1.54) is 88.3 Å². The predicted octanol–water partition coefficient (Wildman–Crippen LogP) is 6.87. The summed E-state index contributed by atoms with van der Waals surface area (Å²) in [5, 5.41) is 5.50. The summed E-state index contributed by atoms with van der Waals surface area (Å²) in [7, 11) is 1.63. The molecule has 1 aliphatic heterocycles. The normalized spacial score (nSPS) is 14.6. The number of anilines is 1. The first kappa shape index (κ1) is 43.0. The lowest BCUT2D eigenvalue weighted by Crippen LogP contribution is -2.55. The quantitative estimate of drug-likeness (QED) is 0.0786. The number of ketones is 1. The Balaban J connectivity index is 1.97. The molecule has 1 unspecified atom stereocenters. The van der Waals surface area contributed by atoms with Gasteiger partial charge in [0.15, 0.2) is 17.4 Å². The molecule has 1 heterocycles. The number of nitrogens with one attached hydrogen (secondary N) is 2. The molecule has 2 rings (SSSR count). The molecule has 13 nitrogen and oxygen atoms in total. The molecular weight excluding hydrogens is 656 g/mol. The molecule has 2 N–H and O–H groups in total. The number of rotatable bonds is 21. The number of nitrogens with zero attached hydrogens (tertiary/aromatic N) is 2. The number of hydrogen-bond donors (Lipinski definition) is 2. The predicted molar refractivity (Wildman–Crippen MR) is 195 cm³/mol. The van der Waals surface area contributed by atoms with Gasteiger partial charge in [-0.25, -0.2) is 19.3 Å². The minimum Gasteiger partial charge on any atom is -0.489 e. The number of hydrogen-bond acceptors (Lipinski definition) is 9. The van der Waals surface area contributed by atoms with E-state index in [4.69, 9.17) is 14.2 Å². The van der Waals surface area contributed by atoms with Gasteiger partial charge >= 0.3 is 18.1 Å². The second-order valence-electron chi connectivity index (χ2n) is 14.9. The monoisotopic (exact) mass is 716 g/mol. The van der Waals surface area contributed by atoms with Crippen LogP contribution in [0.25, 0.3) is 0 Å². The molecular formula is C38H60N4O9. The van der Waals surface area contributed by atoms with E-state index in [2.05, 4.69) is 17.6 Å². The standard InChI is InChI=1S/C38H60N4O9/c1-10-11-12-13-14-15-16-17-18-19-22-39-35(47)41(9)23-24-49-33(45)27-20-21-28(29(25-27)50-26(2)3)40-32(44)30(31(43)37(4,5)6)42-34(46)38(7,8)51-36(42)48/h20-21,25-26,30H,10-19,22-24H2,1-9H3,(H,39,47)(H,40,44). The van der Waals surface area contributed by atoms with Crippen molar-refractivity contribution < 1.29 is 43.0 Å². The van der Waals surface area contributed by atoms with Gasteiger partial charge in [0.1, 0.15) is 12.4 Å². The number of urea groups is 1. The minimum atomic E-state index is -1.81. The van der Waals surface area contributed by atoms with Crippen molar-refractivity contribution in [3.8, 4) is 5.75 Å². The van der Waals surface area contributed by atoms with Crippen LogP contribution < -0.4 is 15.4 Å². The summed E-state index contributed by atoms with van der Waals surface area (Å²) in [6, 6.07) is 2.15. The van der Waals surface area contributed by atoms with Gasteiger partial charge in [0, 0.05) is 19.0 Å². The van der Waals surface area contributed by atoms with Crippen molar-refractivity contribution in [2.24, 2.45) is 5.41 Å². The van der Waals surface area contributed by atoms with Crippen molar-refractivity contribution in [1.29, 1.82) is 0 Å². The number of amides is 5. The Hall–Kier alpha value is -4.16. The highest BCUT2D eigenvalue weighted by atomic mass is 16.6. The van der Waals surface area contributed by atoms with Crippen molar-refractivity contribution in [2.45, 2.75) is 137 Å². The fourth-order valence-electron chi connectivity index (χ4n) is 5.38. The van der Waals surface area contributed by atoms with Gasteiger partial charge in [0.2, 0.25) is 0 Å². The number of cyclic esters (lactones) is 1. The first-order chi connectivity index (χ1) is 23.9. The Morgan fingerprint density at radius 1 is 0.941 bits per heavy atom. The first-order valence-corrected chi connectivity index (χ1v) is 18.3. The molecule has 5 amide bonds. The maximum Gasteiger partial charge on any atom is 0.418 e. The van der Waals surface area contributed by atoms with Crippen LogP contribution >= 0.6 is 0 Å². The molecule has 0 spiro atoms. The number of likely N-dealkylation sites (N-methyl/N-ethyl adjacent to an activating group) is 1. The molecule has 1 fully saturated rings. The van der Waals surface area contributed by atoms with Crippen LogP contribution in [0.15, 0.2) is 18.2 Å². The van der Waals surface area contributed by atoms with Gasteiger partial charge in [0.05, 0.1) is 23.9 Å². The van der Waals surface area contributed by atoms with E-state index in [9.17, 15) is 28.8 Å². The summed E-state index contributed by atoms with van der Waals surface area (Å²) < 4.78 is 16.4. The molecule has 286 valence electrons. The zero-order chi connectivity index (χ0) is 38.4. The van der Waals surface area contributed by atoms with E-state index in [-0.39, 0.29) is 42.3 Å². The van der Waals surface area contributed by atoms with Crippen LogP contribution in [0.5, 0.6) is 5.75 Å². The Kier molecular flexibility index (Phi) is 16.9. The number of carbonyl (C=O) groups is 6. The van der Waals surface area contributed by atoms with Crippen molar-refractivity contribution >= 4 is 41.4 Å². The third-order valence-electron chi connectivity index (χ3n) is 8.42. The Labute approximate surface area is 303 Å². The van der Waals surface area contributed by atoms with E-state index in [0.29, 0.717) is 11.4 Å². The highest BCUT2D eigenvalue weighted by molar-refractivity contribution is 6.19. The average Bonchev–Trinajstić information content (AvgIpc) is 3.24. The van der Waals surface area contributed by atoms with Crippen LogP contribution in [0, 0.1) is 5.41 Å². The molecule has 1 aromatic carbocycles. The number of carbonyl (C=O) groups excluding carboxylic acids is 6. The van der Waals surface area contributed by atoms with Crippen LogP contribution in [0.4, 0.5) is 15.3 Å². The molecule has 1 atom stereocenters. The van der Waals surface area contributed by atoms with Crippen LogP contribution in [0.3, 0.4) is 0 Å². The van der Waals surface area contributed by atoms with Crippen LogP contribution in [-0.2, 0) is 23.9 Å². The van der Waals surface area contributed by atoms with Gasteiger partial charge in [-0.3, -0.25) is 14.4 Å². The summed E-state index contributed by atoms with van der Waals surface area (Å²) in [6.07, 6.45) is 10.7. The molecule has 0 aliphatic carbocycles. The first-order valence-electron chi connectivity index (χ1n) is 18.3. The van der Waals surface area contributed by atoms with Crippen LogP contribution in [0.1, 0.15) is 130 Å². The summed E-state index contributed by atoms with van der Waals surface area (Å²) in [5.74, 6) is -3.01. The van der Waals surface area contributed by atoms with Gasteiger partial charge < -0.3 is 29.7 Å². The topological polar surface area (TPSA) is 161 Å². The summed E-state index contributed by atoms with van der Waals surface area (Å²) in [5.41, 5.74) is -2.41. The van der Waals surface area contributed by atoms with E-state index < -0.39 is 46.7 Å². The lowest BCUT2D eigenvalue weighted by Gasteiger charge is -2.28. The highest BCUT2D eigenvalue weighted by Gasteiger charge is 2.55.